The van der Waals surface area contributed by atoms with E-state index in [2.05, 4.69) is 4.98 Å². The fourth-order valence-corrected chi connectivity index (χ4v) is 3.13. The Kier molecular flexibility index (Phi) is 4.43. The predicted molar refractivity (Wildman–Crippen MR) is 75.8 cm³/mol. The highest BCUT2D eigenvalue weighted by Gasteiger charge is 2.15. The molecule has 0 unspecified atom stereocenters. The van der Waals surface area contributed by atoms with E-state index in [0.29, 0.717) is 11.0 Å². The normalized spacial score (nSPS) is 10.7. The van der Waals surface area contributed by atoms with E-state index in [4.69, 9.17) is 23.2 Å². The van der Waals surface area contributed by atoms with E-state index in [1.165, 1.54) is 23.5 Å². The molecular weight excluding hydrogens is 294 g/mol. The third-order valence-electron chi connectivity index (χ3n) is 2.45. The van der Waals surface area contributed by atoms with Gasteiger partial charge in [-0.3, -0.25) is 0 Å². The highest BCUT2D eigenvalue weighted by atomic mass is 35.5. The summed E-state index contributed by atoms with van der Waals surface area (Å²) in [5.41, 5.74) is 0.880. The maximum atomic E-state index is 12.9. The van der Waals surface area contributed by atoms with Gasteiger partial charge in [-0.25, -0.2) is 9.37 Å². The molecule has 0 atom stereocenters. The molecule has 0 aliphatic rings. The van der Waals surface area contributed by atoms with Crippen LogP contribution in [0.15, 0.2) is 24.3 Å². The molecule has 1 heterocycles. The Balaban J connectivity index is 2.35. The second-order valence-corrected chi connectivity index (χ2v) is 5.25. The Labute approximate surface area is 119 Å². The molecule has 2 aromatic rings. The van der Waals surface area contributed by atoms with Crippen LogP contribution in [-0.4, -0.2) is 11.5 Å². The summed E-state index contributed by atoms with van der Waals surface area (Å²) in [6.07, 6.45) is 0. The molecule has 1 aromatic heterocycles. The van der Waals surface area contributed by atoms with Gasteiger partial charge in [-0.15, -0.1) is 11.6 Å². The number of thiazole rings is 1. The molecule has 0 N–H and O–H groups in total. The highest BCUT2D eigenvalue weighted by Crippen LogP contribution is 2.34. The van der Waals surface area contributed by atoms with Crippen molar-refractivity contribution in [3.05, 3.63) is 40.1 Å². The number of rotatable bonds is 4. The predicted octanol–water partition coefficient (Wildman–Crippen LogP) is 4.83. The van der Waals surface area contributed by atoms with Crippen LogP contribution in [0.25, 0.3) is 0 Å². The number of alkyl halides is 1. The summed E-state index contributed by atoms with van der Waals surface area (Å²) < 4.78 is 12.9. The van der Waals surface area contributed by atoms with Crippen LogP contribution in [0.4, 0.5) is 15.2 Å². The number of halogens is 3. The quantitative estimate of drug-likeness (QED) is 0.752. The fourth-order valence-electron chi connectivity index (χ4n) is 1.57. The van der Waals surface area contributed by atoms with Crippen LogP contribution in [0, 0.1) is 5.82 Å². The SMILES string of the molecule is CCN(c1ccc(F)cc1)c1nc(Cl)c(CCl)s1. The Hall–Kier alpha value is -0.840. The lowest BCUT2D eigenvalue weighted by Crippen LogP contribution is -2.15. The maximum Gasteiger partial charge on any atom is 0.191 e. The van der Waals surface area contributed by atoms with Crippen LogP contribution >= 0.6 is 34.5 Å². The molecule has 0 bridgehead atoms. The second-order valence-electron chi connectivity index (χ2n) is 3.56. The van der Waals surface area contributed by atoms with Gasteiger partial charge in [0.2, 0.25) is 0 Å². The minimum absolute atomic E-state index is 0.256. The highest BCUT2D eigenvalue weighted by molar-refractivity contribution is 7.16. The van der Waals surface area contributed by atoms with Crippen LogP contribution < -0.4 is 4.90 Å². The van der Waals surface area contributed by atoms with E-state index in [1.807, 2.05) is 11.8 Å². The first kappa shape index (κ1) is 13.6. The van der Waals surface area contributed by atoms with E-state index >= 15 is 0 Å². The lowest BCUT2D eigenvalue weighted by Gasteiger charge is -2.19. The molecule has 96 valence electrons. The van der Waals surface area contributed by atoms with Gasteiger partial charge in [-0.1, -0.05) is 22.9 Å². The van der Waals surface area contributed by atoms with Crippen molar-refractivity contribution in [1.29, 1.82) is 0 Å². The lowest BCUT2D eigenvalue weighted by atomic mass is 10.3. The molecule has 0 spiro atoms. The molecular formula is C12H11Cl2FN2S. The van der Waals surface area contributed by atoms with Crippen LogP contribution in [0.1, 0.15) is 11.8 Å². The largest absolute Gasteiger partial charge is 0.318 e. The summed E-state index contributed by atoms with van der Waals surface area (Å²) in [6.45, 7) is 2.72. The Morgan fingerprint density at radius 1 is 1.33 bits per heavy atom. The maximum absolute atomic E-state index is 12.9. The number of nitrogens with zero attached hydrogens (tertiary/aromatic N) is 2. The van der Waals surface area contributed by atoms with Gasteiger partial charge < -0.3 is 4.90 Å². The third-order valence-corrected chi connectivity index (χ3v) is 4.37. The molecule has 0 fully saturated rings. The standard InChI is InChI=1S/C12H11Cl2FN2S/c1-2-17(9-5-3-8(15)4-6-9)12-16-11(14)10(7-13)18-12/h3-6H,2,7H2,1H3. The molecule has 0 aliphatic heterocycles. The number of anilines is 2. The van der Waals surface area contributed by atoms with Gasteiger partial charge in [0.05, 0.1) is 10.8 Å². The topological polar surface area (TPSA) is 16.1 Å². The van der Waals surface area contributed by atoms with E-state index < -0.39 is 0 Å². The zero-order valence-electron chi connectivity index (χ0n) is 9.66. The molecule has 0 saturated heterocycles. The molecule has 0 aliphatic carbocycles. The van der Waals surface area contributed by atoms with Crippen molar-refractivity contribution in [2.24, 2.45) is 0 Å². The summed E-state index contributed by atoms with van der Waals surface area (Å²) in [5, 5.41) is 1.20. The van der Waals surface area contributed by atoms with Gasteiger partial charge >= 0.3 is 0 Å². The van der Waals surface area contributed by atoms with Crippen molar-refractivity contribution >= 4 is 45.4 Å². The Morgan fingerprint density at radius 3 is 2.50 bits per heavy atom. The average Bonchev–Trinajstić information content (AvgIpc) is 2.74. The number of hydrogen-bond donors (Lipinski definition) is 0. The van der Waals surface area contributed by atoms with E-state index in [-0.39, 0.29) is 5.82 Å². The molecule has 0 saturated carbocycles. The van der Waals surface area contributed by atoms with Crippen molar-refractivity contribution in [3.8, 4) is 0 Å². The smallest absolute Gasteiger partial charge is 0.191 e. The monoisotopic (exact) mass is 304 g/mol. The van der Waals surface area contributed by atoms with Crippen molar-refractivity contribution in [3.63, 3.8) is 0 Å². The minimum atomic E-state index is -0.256. The first-order valence-electron chi connectivity index (χ1n) is 5.40. The van der Waals surface area contributed by atoms with Gasteiger partial charge in [0.25, 0.3) is 0 Å². The molecule has 18 heavy (non-hydrogen) atoms. The Bertz CT molecular complexity index is 527. The zero-order valence-corrected chi connectivity index (χ0v) is 12.0. The summed E-state index contributed by atoms with van der Waals surface area (Å²) in [5.74, 6) is 0.0886. The summed E-state index contributed by atoms with van der Waals surface area (Å²) in [6, 6.07) is 6.29. The second kappa shape index (κ2) is 5.87. The number of benzene rings is 1. The zero-order chi connectivity index (χ0) is 13.1. The van der Waals surface area contributed by atoms with E-state index in [0.717, 1.165) is 22.2 Å². The fraction of sp³-hybridized carbons (Fsp3) is 0.250. The molecule has 6 heteroatoms. The van der Waals surface area contributed by atoms with Gasteiger partial charge in [0.1, 0.15) is 11.0 Å². The van der Waals surface area contributed by atoms with Crippen LogP contribution in [-0.2, 0) is 5.88 Å². The first-order valence-corrected chi connectivity index (χ1v) is 7.13. The van der Waals surface area contributed by atoms with Crippen molar-refractivity contribution < 1.29 is 4.39 Å². The molecule has 2 rings (SSSR count). The number of hydrogen-bond acceptors (Lipinski definition) is 3. The lowest BCUT2D eigenvalue weighted by molar-refractivity contribution is 0.628. The third kappa shape index (κ3) is 2.76. The summed E-state index contributed by atoms with van der Waals surface area (Å²) >= 11 is 13.2. The average molecular weight is 305 g/mol. The van der Waals surface area contributed by atoms with Crippen molar-refractivity contribution in [1.82, 2.24) is 4.98 Å². The van der Waals surface area contributed by atoms with E-state index in [1.54, 1.807) is 12.1 Å². The number of aromatic nitrogens is 1. The first-order chi connectivity index (χ1) is 8.65. The Morgan fingerprint density at radius 2 is 2.00 bits per heavy atom. The molecule has 0 radical (unpaired) electrons. The van der Waals surface area contributed by atoms with E-state index in [9.17, 15) is 4.39 Å². The summed E-state index contributed by atoms with van der Waals surface area (Å²) in [4.78, 5) is 7.09. The van der Waals surface area contributed by atoms with Crippen LogP contribution in [0.2, 0.25) is 5.15 Å². The van der Waals surface area contributed by atoms with Crippen molar-refractivity contribution in [2.75, 3.05) is 11.4 Å². The molecule has 1 aromatic carbocycles. The minimum Gasteiger partial charge on any atom is -0.318 e. The summed E-state index contributed by atoms with van der Waals surface area (Å²) in [7, 11) is 0. The van der Waals surface area contributed by atoms with Gasteiger partial charge in [-0.05, 0) is 31.2 Å². The van der Waals surface area contributed by atoms with Crippen molar-refractivity contribution in [2.45, 2.75) is 12.8 Å². The van der Waals surface area contributed by atoms with Crippen LogP contribution in [0.3, 0.4) is 0 Å². The molecule has 0 amide bonds. The van der Waals surface area contributed by atoms with Gasteiger partial charge in [0, 0.05) is 12.2 Å². The molecule has 2 nitrogen and oxygen atoms in total. The van der Waals surface area contributed by atoms with Crippen LogP contribution in [0.5, 0.6) is 0 Å². The van der Waals surface area contributed by atoms with Gasteiger partial charge in [-0.2, -0.15) is 0 Å². The van der Waals surface area contributed by atoms with Gasteiger partial charge in [0.15, 0.2) is 5.13 Å².